The number of rotatable bonds is 4. The summed E-state index contributed by atoms with van der Waals surface area (Å²) < 4.78 is 0. The second-order valence-corrected chi connectivity index (χ2v) is 5.86. The summed E-state index contributed by atoms with van der Waals surface area (Å²) in [5, 5.41) is 4.36. The number of hydrogen-bond acceptors (Lipinski definition) is 2. The molecule has 18 heavy (non-hydrogen) atoms. The fourth-order valence-electron chi connectivity index (χ4n) is 3.40. The van der Waals surface area contributed by atoms with E-state index in [1.807, 2.05) is 19.2 Å². The van der Waals surface area contributed by atoms with E-state index in [1.165, 1.54) is 31.2 Å². The maximum atomic E-state index is 6.38. The molecule has 1 fully saturated rings. The molecule has 1 unspecified atom stereocenters. The normalized spacial score (nSPS) is 20.3. The van der Waals surface area contributed by atoms with E-state index in [1.54, 1.807) is 0 Å². The minimum absolute atomic E-state index is 0.194. The SMILES string of the molecule is CNC(c1ccccc1Cl)C1(N(C)C)CCCC1. The maximum absolute atomic E-state index is 6.38. The van der Waals surface area contributed by atoms with Gasteiger partial charge in [0.1, 0.15) is 0 Å². The van der Waals surface area contributed by atoms with Gasteiger partial charge in [-0.2, -0.15) is 0 Å². The smallest absolute Gasteiger partial charge is 0.0519 e. The molecular weight excluding hydrogens is 244 g/mol. The van der Waals surface area contributed by atoms with Crippen LogP contribution >= 0.6 is 11.6 Å². The van der Waals surface area contributed by atoms with Gasteiger partial charge in [0.2, 0.25) is 0 Å². The van der Waals surface area contributed by atoms with Crippen molar-refractivity contribution in [2.75, 3.05) is 21.1 Å². The van der Waals surface area contributed by atoms with E-state index < -0.39 is 0 Å². The molecule has 1 aliphatic carbocycles. The van der Waals surface area contributed by atoms with Crippen LogP contribution < -0.4 is 5.32 Å². The van der Waals surface area contributed by atoms with Gasteiger partial charge in [-0.15, -0.1) is 0 Å². The summed E-state index contributed by atoms with van der Waals surface area (Å²) in [6.45, 7) is 0. The van der Waals surface area contributed by atoms with Crippen LogP contribution in [0.25, 0.3) is 0 Å². The van der Waals surface area contributed by atoms with Crippen molar-refractivity contribution < 1.29 is 0 Å². The lowest BCUT2D eigenvalue weighted by atomic mass is 9.82. The average Bonchev–Trinajstić information content (AvgIpc) is 2.83. The van der Waals surface area contributed by atoms with Gasteiger partial charge >= 0.3 is 0 Å². The van der Waals surface area contributed by atoms with Gasteiger partial charge in [0.15, 0.2) is 0 Å². The molecule has 1 aliphatic rings. The highest BCUT2D eigenvalue weighted by atomic mass is 35.5. The van der Waals surface area contributed by atoms with E-state index in [2.05, 4.69) is 36.4 Å². The van der Waals surface area contributed by atoms with Gasteiger partial charge in [0.05, 0.1) is 6.04 Å². The molecule has 3 heteroatoms. The van der Waals surface area contributed by atoms with Crippen molar-refractivity contribution >= 4 is 11.6 Å². The molecular formula is C15H23ClN2. The summed E-state index contributed by atoms with van der Waals surface area (Å²) in [6, 6.07) is 8.50. The summed E-state index contributed by atoms with van der Waals surface area (Å²) in [7, 11) is 6.41. The van der Waals surface area contributed by atoms with Crippen LogP contribution in [0, 0.1) is 0 Å². The van der Waals surface area contributed by atoms with Crippen molar-refractivity contribution in [1.82, 2.24) is 10.2 Å². The largest absolute Gasteiger partial charge is 0.311 e. The molecule has 0 spiro atoms. The van der Waals surface area contributed by atoms with E-state index in [9.17, 15) is 0 Å². The first-order valence-corrected chi connectivity index (χ1v) is 7.09. The highest BCUT2D eigenvalue weighted by Crippen LogP contribution is 2.44. The number of hydrogen-bond donors (Lipinski definition) is 1. The second-order valence-electron chi connectivity index (χ2n) is 5.45. The van der Waals surface area contributed by atoms with Gasteiger partial charge in [-0.1, -0.05) is 42.6 Å². The van der Waals surface area contributed by atoms with Crippen LogP contribution in [0.5, 0.6) is 0 Å². The minimum atomic E-state index is 0.194. The molecule has 0 aliphatic heterocycles. The van der Waals surface area contributed by atoms with Gasteiger partial charge in [-0.05, 0) is 45.6 Å². The molecule has 2 nitrogen and oxygen atoms in total. The summed E-state index contributed by atoms with van der Waals surface area (Å²) in [5.41, 5.74) is 1.41. The molecule has 0 saturated heterocycles. The Hall–Kier alpha value is -0.570. The maximum Gasteiger partial charge on any atom is 0.0519 e. The molecule has 0 aromatic heterocycles. The van der Waals surface area contributed by atoms with Crippen LogP contribution in [0.2, 0.25) is 5.02 Å². The lowest BCUT2D eigenvalue weighted by Crippen LogP contribution is -2.51. The Bertz CT molecular complexity index is 397. The third-order valence-corrected chi connectivity index (χ3v) is 4.75. The highest BCUT2D eigenvalue weighted by molar-refractivity contribution is 6.31. The fraction of sp³-hybridized carbons (Fsp3) is 0.600. The molecule has 0 bridgehead atoms. The zero-order valence-corrected chi connectivity index (χ0v) is 12.3. The molecule has 2 rings (SSSR count). The first-order valence-electron chi connectivity index (χ1n) is 6.71. The van der Waals surface area contributed by atoms with E-state index in [0.717, 1.165) is 5.02 Å². The zero-order valence-electron chi connectivity index (χ0n) is 11.5. The van der Waals surface area contributed by atoms with Crippen LogP contribution in [0.3, 0.4) is 0 Å². The van der Waals surface area contributed by atoms with E-state index in [4.69, 9.17) is 11.6 Å². The monoisotopic (exact) mass is 266 g/mol. The average molecular weight is 267 g/mol. The Morgan fingerprint density at radius 3 is 2.33 bits per heavy atom. The molecule has 1 atom stereocenters. The van der Waals surface area contributed by atoms with Crippen molar-refractivity contribution in [2.24, 2.45) is 0 Å². The third kappa shape index (κ3) is 2.29. The van der Waals surface area contributed by atoms with Gasteiger partial charge in [-0.3, -0.25) is 0 Å². The van der Waals surface area contributed by atoms with Gasteiger partial charge < -0.3 is 10.2 Å². The Kier molecular flexibility index (Phi) is 4.31. The Morgan fingerprint density at radius 2 is 1.83 bits per heavy atom. The van der Waals surface area contributed by atoms with Gasteiger partial charge in [0.25, 0.3) is 0 Å². The predicted molar refractivity (Wildman–Crippen MR) is 78.1 cm³/mol. The van der Waals surface area contributed by atoms with E-state index in [-0.39, 0.29) is 5.54 Å². The zero-order chi connectivity index (χ0) is 13.2. The third-order valence-electron chi connectivity index (χ3n) is 4.40. The van der Waals surface area contributed by atoms with Crippen molar-refractivity contribution in [3.63, 3.8) is 0 Å². The second kappa shape index (κ2) is 5.60. The standard InChI is InChI=1S/C15H23ClN2/c1-17-14(12-8-4-5-9-13(12)16)15(18(2)3)10-6-7-11-15/h4-5,8-9,14,17H,6-7,10-11H2,1-3H3. The van der Waals surface area contributed by atoms with Crippen molar-refractivity contribution in [3.05, 3.63) is 34.9 Å². The number of nitrogens with zero attached hydrogens (tertiary/aromatic N) is 1. The number of nitrogens with one attached hydrogen (secondary N) is 1. The summed E-state index contributed by atoms with van der Waals surface area (Å²) in [6.07, 6.45) is 5.08. The molecule has 1 aromatic rings. The topological polar surface area (TPSA) is 15.3 Å². The van der Waals surface area contributed by atoms with E-state index >= 15 is 0 Å². The molecule has 1 aromatic carbocycles. The van der Waals surface area contributed by atoms with Gasteiger partial charge in [-0.25, -0.2) is 0 Å². The molecule has 0 radical (unpaired) electrons. The summed E-state index contributed by atoms with van der Waals surface area (Å²) >= 11 is 6.38. The van der Waals surface area contributed by atoms with Crippen LogP contribution in [0.4, 0.5) is 0 Å². The quantitative estimate of drug-likeness (QED) is 0.898. The lowest BCUT2D eigenvalue weighted by Gasteiger charge is -2.43. The summed E-state index contributed by atoms with van der Waals surface area (Å²) in [5.74, 6) is 0. The Morgan fingerprint density at radius 1 is 1.22 bits per heavy atom. The Balaban J connectivity index is 2.41. The van der Waals surface area contributed by atoms with Crippen LogP contribution in [-0.4, -0.2) is 31.6 Å². The van der Waals surface area contributed by atoms with Crippen LogP contribution in [-0.2, 0) is 0 Å². The Labute approximate surface area is 115 Å². The molecule has 100 valence electrons. The number of halogens is 1. The first kappa shape index (κ1) is 13.9. The fourth-order valence-corrected chi connectivity index (χ4v) is 3.65. The minimum Gasteiger partial charge on any atom is -0.311 e. The highest BCUT2D eigenvalue weighted by Gasteiger charge is 2.43. The van der Waals surface area contributed by atoms with Gasteiger partial charge in [0, 0.05) is 10.6 Å². The van der Waals surface area contributed by atoms with E-state index in [0.29, 0.717) is 6.04 Å². The van der Waals surface area contributed by atoms with Crippen molar-refractivity contribution in [3.8, 4) is 0 Å². The number of likely N-dealkylation sites (N-methyl/N-ethyl adjacent to an activating group) is 2. The van der Waals surface area contributed by atoms with Crippen molar-refractivity contribution in [2.45, 2.75) is 37.3 Å². The van der Waals surface area contributed by atoms with Crippen molar-refractivity contribution in [1.29, 1.82) is 0 Å². The molecule has 0 heterocycles. The predicted octanol–water partition coefficient (Wildman–Crippen LogP) is 3.47. The lowest BCUT2D eigenvalue weighted by molar-refractivity contribution is 0.108. The molecule has 1 N–H and O–H groups in total. The van der Waals surface area contributed by atoms with Crippen LogP contribution in [0.15, 0.2) is 24.3 Å². The molecule has 1 saturated carbocycles. The molecule has 0 amide bonds. The first-order chi connectivity index (χ1) is 8.62. The summed E-state index contributed by atoms with van der Waals surface area (Å²) in [4.78, 5) is 2.38. The van der Waals surface area contributed by atoms with Crippen LogP contribution in [0.1, 0.15) is 37.3 Å². The number of benzene rings is 1.